The van der Waals surface area contributed by atoms with Crippen LogP contribution in [0, 0.1) is 16.2 Å². The van der Waals surface area contributed by atoms with Gasteiger partial charge in [0.15, 0.2) is 0 Å². The van der Waals surface area contributed by atoms with E-state index in [1.165, 1.54) is 12.8 Å². The molecule has 0 saturated heterocycles. The van der Waals surface area contributed by atoms with Crippen molar-refractivity contribution in [1.29, 1.82) is 0 Å². The zero-order chi connectivity index (χ0) is 14.3. The van der Waals surface area contributed by atoms with E-state index in [1.54, 1.807) is 0 Å². The normalized spacial score (nSPS) is 12.8. The van der Waals surface area contributed by atoms with Crippen LogP contribution in [0.4, 0.5) is 0 Å². The molecule has 0 saturated carbocycles. The molecule has 0 N–H and O–H groups in total. The number of hydrogen-bond acceptors (Lipinski definition) is 0. The Hall–Kier alpha value is -0.260. The van der Waals surface area contributed by atoms with Crippen molar-refractivity contribution in [3.63, 3.8) is 0 Å². The van der Waals surface area contributed by atoms with Gasteiger partial charge >= 0.3 is 0 Å². The Bertz CT molecular complexity index is 199. The molecule has 0 aromatic carbocycles. The molecule has 0 heteroatoms. The van der Waals surface area contributed by atoms with Crippen molar-refractivity contribution in [3.8, 4) is 0 Å². The Kier molecular flexibility index (Phi) is 11.2. The van der Waals surface area contributed by atoms with Crippen LogP contribution in [0.5, 0.6) is 0 Å². The molecule has 0 spiro atoms. The van der Waals surface area contributed by atoms with E-state index in [0.717, 1.165) is 0 Å². The van der Waals surface area contributed by atoms with E-state index in [0.29, 0.717) is 16.2 Å². The van der Waals surface area contributed by atoms with Gasteiger partial charge in [-0.25, -0.2) is 0 Å². The molecule has 0 rings (SSSR count). The maximum atomic E-state index is 2.35. The van der Waals surface area contributed by atoms with Gasteiger partial charge in [0.05, 0.1) is 0 Å². The van der Waals surface area contributed by atoms with Gasteiger partial charge in [-0.3, -0.25) is 0 Å². The van der Waals surface area contributed by atoms with Crippen molar-refractivity contribution in [2.24, 2.45) is 16.2 Å². The minimum atomic E-state index is 0. The van der Waals surface area contributed by atoms with E-state index in [4.69, 9.17) is 0 Å². The van der Waals surface area contributed by atoms with E-state index in [2.05, 4.69) is 81.4 Å². The van der Waals surface area contributed by atoms with E-state index in [9.17, 15) is 0 Å². The Balaban J connectivity index is -0.000000321. The van der Waals surface area contributed by atoms with Crippen molar-refractivity contribution in [3.05, 3.63) is 12.2 Å². The third-order valence-corrected chi connectivity index (χ3v) is 1.92. The van der Waals surface area contributed by atoms with Gasteiger partial charge in [-0.2, -0.15) is 0 Å². The second-order valence-corrected chi connectivity index (χ2v) is 8.67. The van der Waals surface area contributed by atoms with Crippen LogP contribution in [-0.4, -0.2) is 0 Å². The van der Waals surface area contributed by atoms with Gasteiger partial charge < -0.3 is 0 Å². The molecule has 0 aromatic rings. The fraction of sp³-hybridized carbons (Fsp3) is 0.889. The van der Waals surface area contributed by atoms with Crippen molar-refractivity contribution in [2.75, 3.05) is 0 Å². The molecule has 0 radical (unpaired) electrons. The highest BCUT2D eigenvalue weighted by Gasteiger charge is 2.23. The quantitative estimate of drug-likeness (QED) is 0.472. The molecule has 0 nitrogen and oxygen atoms in total. The average molecular weight is 257 g/mol. The summed E-state index contributed by atoms with van der Waals surface area (Å²) in [5.74, 6) is 0. The molecular formula is C18H40. The summed E-state index contributed by atoms with van der Waals surface area (Å²) < 4.78 is 0. The third kappa shape index (κ3) is 29.6. The molecule has 0 aliphatic carbocycles. The van der Waals surface area contributed by atoms with Crippen LogP contribution < -0.4 is 0 Å². The van der Waals surface area contributed by atoms with Gasteiger partial charge in [0.2, 0.25) is 0 Å². The van der Waals surface area contributed by atoms with Gasteiger partial charge in [0, 0.05) is 0 Å². The monoisotopic (exact) mass is 256 g/mol. The lowest BCUT2D eigenvalue weighted by atomic mass is 9.74. The van der Waals surface area contributed by atoms with E-state index in [-0.39, 0.29) is 7.43 Å². The highest BCUT2D eigenvalue weighted by atomic mass is 14.3. The molecule has 0 aromatic heterocycles. The first-order valence-electron chi connectivity index (χ1n) is 6.88. The van der Waals surface area contributed by atoms with Crippen LogP contribution in [-0.2, 0) is 0 Å². The summed E-state index contributed by atoms with van der Waals surface area (Å²) in [5.41, 5.74) is 1.40. The zero-order valence-corrected chi connectivity index (χ0v) is 14.1. The maximum absolute atomic E-state index is 2.35. The second kappa shape index (κ2) is 8.77. The second-order valence-electron chi connectivity index (χ2n) is 8.67. The van der Waals surface area contributed by atoms with Gasteiger partial charge in [0.1, 0.15) is 0 Å². The first-order valence-corrected chi connectivity index (χ1v) is 6.88. The molecule has 0 aliphatic rings. The number of hydrogen-bond donors (Lipinski definition) is 0. The van der Waals surface area contributed by atoms with Gasteiger partial charge in [-0.15, -0.1) is 0 Å². The molecule has 112 valence electrons. The summed E-state index contributed by atoms with van der Waals surface area (Å²) >= 11 is 0. The summed E-state index contributed by atoms with van der Waals surface area (Å²) in [6.45, 7) is 22.5. The molecule has 0 atom stereocenters. The van der Waals surface area contributed by atoms with Crippen LogP contribution in [0.15, 0.2) is 12.2 Å². The summed E-state index contributed by atoms with van der Waals surface area (Å²) in [6, 6.07) is 0. The summed E-state index contributed by atoms with van der Waals surface area (Å²) in [5, 5.41) is 0. The SMILES string of the molecule is C.CC(C)(C)C.CC=CCC(C)(C)CC(C)(C)C. The van der Waals surface area contributed by atoms with Crippen LogP contribution in [0.1, 0.15) is 89.5 Å². The smallest absolute Gasteiger partial charge is 0.0299 e. The van der Waals surface area contributed by atoms with Crippen molar-refractivity contribution < 1.29 is 0 Å². The number of rotatable bonds is 3. The largest absolute Gasteiger partial charge is 0.0916 e. The fourth-order valence-electron chi connectivity index (χ4n) is 1.94. The molecule has 0 unspecified atom stereocenters. The highest BCUT2D eigenvalue weighted by molar-refractivity contribution is 4.86. The van der Waals surface area contributed by atoms with E-state index < -0.39 is 0 Å². The standard InChI is InChI=1S/C12H24.C5H12.CH4/c1-7-8-9-12(5,6)10-11(2,3)4;1-5(2,3)4;/h7-8H,9-10H2,1-6H3;1-4H3;1H4. The van der Waals surface area contributed by atoms with Crippen molar-refractivity contribution >= 4 is 0 Å². The summed E-state index contributed by atoms with van der Waals surface area (Å²) in [7, 11) is 0. The molecule has 0 amide bonds. The molecule has 0 heterocycles. The summed E-state index contributed by atoms with van der Waals surface area (Å²) in [6.07, 6.45) is 6.89. The Labute approximate surface area is 118 Å². The lowest BCUT2D eigenvalue weighted by molar-refractivity contribution is 0.215. The van der Waals surface area contributed by atoms with Crippen molar-refractivity contribution in [2.45, 2.75) is 89.5 Å². The van der Waals surface area contributed by atoms with Gasteiger partial charge in [0.25, 0.3) is 0 Å². The molecule has 0 fully saturated rings. The third-order valence-electron chi connectivity index (χ3n) is 1.92. The molecule has 0 aliphatic heterocycles. The van der Waals surface area contributed by atoms with Crippen molar-refractivity contribution in [1.82, 2.24) is 0 Å². The van der Waals surface area contributed by atoms with Gasteiger partial charge in [-0.05, 0) is 36.0 Å². The maximum Gasteiger partial charge on any atom is -0.0299 e. The van der Waals surface area contributed by atoms with Crippen LogP contribution in [0.3, 0.4) is 0 Å². The van der Waals surface area contributed by atoms with Crippen LogP contribution in [0.2, 0.25) is 0 Å². The summed E-state index contributed by atoms with van der Waals surface area (Å²) in [4.78, 5) is 0. The Morgan fingerprint density at radius 3 is 1.33 bits per heavy atom. The predicted octanol–water partition coefficient (Wildman–Crippen LogP) is 7.10. The minimum Gasteiger partial charge on any atom is -0.0916 e. The van der Waals surface area contributed by atoms with Crippen LogP contribution >= 0.6 is 0 Å². The first-order chi connectivity index (χ1) is 7.27. The molecule has 0 bridgehead atoms. The lowest BCUT2D eigenvalue weighted by Crippen LogP contribution is -2.19. The van der Waals surface area contributed by atoms with Gasteiger partial charge in [-0.1, -0.05) is 81.9 Å². The minimum absolute atomic E-state index is 0. The number of allylic oxidation sites excluding steroid dienone is 2. The average Bonchev–Trinajstić information content (AvgIpc) is 1.92. The lowest BCUT2D eigenvalue weighted by Gasteiger charge is -2.31. The zero-order valence-electron chi connectivity index (χ0n) is 14.1. The van der Waals surface area contributed by atoms with Crippen LogP contribution in [0.25, 0.3) is 0 Å². The molecule has 18 heavy (non-hydrogen) atoms. The topological polar surface area (TPSA) is 0 Å². The predicted molar refractivity (Wildman–Crippen MR) is 89.1 cm³/mol. The first kappa shape index (κ1) is 22.9. The molecular weight excluding hydrogens is 216 g/mol. The Morgan fingerprint density at radius 2 is 1.11 bits per heavy atom. The van der Waals surface area contributed by atoms with E-state index in [1.807, 2.05) is 0 Å². The Morgan fingerprint density at radius 1 is 0.778 bits per heavy atom. The van der Waals surface area contributed by atoms with E-state index >= 15 is 0 Å². The highest BCUT2D eigenvalue weighted by Crippen LogP contribution is 2.35. The fourth-order valence-corrected chi connectivity index (χ4v) is 1.94.